The van der Waals surface area contributed by atoms with Crippen molar-refractivity contribution in [3.63, 3.8) is 0 Å². The van der Waals surface area contributed by atoms with Crippen LogP contribution in [0, 0.1) is 0 Å². The highest BCUT2D eigenvalue weighted by molar-refractivity contribution is 7.98. The van der Waals surface area contributed by atoms with E-state index in [1.807, 2.05) is 54.8 Å². The molecule has 1 heterocycles. The topological polar surface area (TPSA) is 149 Å². The number of carboxylic acid groups (broad SMARTS) is 1. The van der Waals surface area contributed by atoms with Gasteiger partial charge in [0.1, 0.15) is 18.4 Å². The third-order valence-corrected chi connectivity index (χ3v) is 5.31. The van der Waals surface area contributed by atoms with Gasteiger partial charge < -0.3 is 15.2 Å². The summed E-state index contributed by atoms with van der Waals surface area (Å²) in [6.45, 7) is 0.318. The summed E-state index contributed by atoms with van der Waals surface area (Å²) in [5, 5.41) is 16.4. The second kappa shape index (κ2) is 14.2. The molecule has 0 aliphatic carbocycles. The van der Waals surface area contributed by atoms with Crippen LogP contribution in [-0.2, 0) is 21.4 Å². The Hall–Kier alpha value is -3.41. The van der Waals surface area contributed by atoms with Crippen LogP contribution in [0.1, 0.15) is 22.3 Å². The molecule has 0 unspecified atom stereocenters. The number of ether oxygens (including phenoxy) is 1. The molecule has 1 amide bonds. The Morgan fingerprint density at radius 3 is 2.42 bits per heavy atom. The summed E-state index contributed by atoms with van der Waals surface area (Å²) in [4.78, 5) is 28.6. The van der Waals surface area contributed by atoms with Crippen molar-refractivity contribution >= 4 is 33.7 Å². The SMILES string of the molecule is CS(N)(=O)=O.CSCC[C@H](NC(=O)c1ccc(COc2cccnc2)cc1-c1ccccc1)C(=O)O. The van der Waals surface area contributed by atoms with E-state index < -0.39 is 27.9 Å². The first-order chi connectivity index (χ1) is 17.1. The van der Waals surface area contributed by atoms with Gasteiger partial charge in [0, 0.05) is 11.8 Å². The van der Waals surface area contributed by atoms with Gasteiger partial charge in [0.05, 0.1) is 12.5 Å². The Balaban J connectivity index is 0.000000830. The molecule has 0 fully saturated rings. The highest BCUT2D eigenvalue weighted by atomic mass is 32.2. The number of carbonyl (C=O) groups is 2. The zero-order chi connectivity index (χ0) is 26.6. The molecule has 4 N–H and O–H groups in total. The molecule has 0 radical (unpaired) electrons. The van der Waals surface area contributed by atoms with E-state index in [1.165, 1.54) is 0 Å². The van der Waals surface area contributed by atoms with Crippen molar-refractivity contribution in [2.75, 3.05) is 18.3 Å². The molecule has 192 valence electrons. The second-order valence-electron chi connectivity index (χ2n) is 7.70. The molecule has 2 aromatic carbocycles. The largest absolute Gasteiger partial charge is 0.487 e. The van der Waals surface area contributed by atoms with E-state index in [4.69, 9.17) is 4.74 Å². The highest BCUT2D eigenvalue weighted by Gasteiger charge is 2.22. The van der Waals surface area contributed by atoms with Crippen LogP contribution < -0.4 is 15.2 Å². The Morgan fingerprint density at radius 1 is 1.14 bits per heavy atom. The fourth-order valence-electron chi connectivity index (χ4n) is 3.06. The van der Waals surface area contributed by atoms with Crippen LogP contribution in [0.2, 0.25) is 0 Å². The Morgan fingerprint density at radius 2 is 1.83 bits per heavy atom. The summed E-state index contributed by atoms with van der Waals surface area (Å²) in [6, 6.07) is 17.7. The molecular weight excluding hydrogens is 502 g/mol. The number of carbonyl (C=O) groups excluding carboxylic acids is 1. The monoisotopic (exact) mass is 531 g/mol. The van der Waals surface area contributed by atoms with E-state index in [0.717, 1.165) is 22.9 Å². The fourth-order valence-corrected chi connectivity index (χ4v) is 3.54. The van der Waals surface area contributed by atoms with E-state index in [2.05, 4.69) is 15.4 Å². The molecule has 0 aliphatic heterocycles. The quantitative estimate of drug-likeness (QED) is 0.361. The number of hydrogen-bond acceptors (Lipinski definition) is 7. The van der Waals surface area contributed by atoms with Gasteiger partial charge in [0.15, 0.2) is 0 Å². The van der Waals surface area contributed by atoms with Crippen LogP contribution in [0.5, 0.6) is 5.75 Å². The van der Waals surface area contributed by atoms with E-state index >= 15 is 0 Å². The van der Waals surface area contributed by atoms with Crippen molar-refractivity contribution in [1.82, 2.24) is 10.3 Å². The number of aliphatic carboxylic acids is 1. The van der Waals surface area contributed by atoms with Gasteiger partial charge in [-0.3, -0.25) is 9.78 Å². The van der Waals surface area contributed by atoms with Gasteiger partial charge in [-0.15, -0.1) is 0 Å². The first-order valence-electron chi connectivity index (χ1n) is 10.8. The van der Waals surface area contributed by atoms with Gasteiger partial charge in [-0.2, -0.15) is 11.8 Å². The number of nitrogens with zero attached hydrogens (tertiary/aromatic N) is 1. The first-order valence-corrected chi connectivity index (χ1v) is 14.1. The lowest BCUT2D eigenvalue weighted by Crippen LogP contribution is -2.41. The predicted molar refractivity (Wildman–Crippen MR) is 141 cm³/mol. The second-order valence-corrected chi connectivity index (χ2v) is 10.3. The third kappa shape index (κ3) is 10.5. The van der Waals surface area contributed by atoms with Crippen molar-refractivity contribution in [3.05, 3.63) is 84.2 Å². The number of amides is 1. The number of nitrogens with one attached hydrogen (secondary N) is 1. The predicted octanol–water partition coefficient (Wildman–Crippen LogP) is 3.17. The van der Waals surface area contributed by atoms with E-state index in [-0.39, 0.29) is 0 Å². The Bertz CT molecular complexity index is 1230. The number of carboxylic acids is 1. The molecule has 0 bridgehead atoms. The minimum absolute atomic E-state index is 0.318. The Labute approximate surface area is 215 Å². The maximum absolute atomic E-state index is 13.0. The maximum atomic E-state index is 13.0. The van der Waals surface area contributed by atoms with Crippen molar-refractivity contribution < 1.29 is 27.9 Å². The van der Waals surface area contributed by atoms with E-state index in [0.29, 0.717) is 30.1 Å². The molecule has 0 spiro atoms. The average molecular weight is 532 g/mol. The van der Waals surface area contributed by atoms with Crippen LogP contribution in [0.15, 0.2) is 73.1 Å². The summed E-state index contributed by atoms with van der Waals surface area (Å²) >= 11 is 1.54. The molecular formula is C25H29N3O6S2. The number of benzene rings is 2. The molecule has 0 saturated carbocycles. The number of hydrogen-bond donors (Lipinski definition) is 3. The standard InChI is InChI=1S/C24H24N2O4S.CH5NO2S/c1-31-13-11-22(24(28)29)26-23(27)20-10-9-17(16-30-19-8-5-12-25-15-19)14-21(20)18-6-3-2-4-7-18;1-5(2,3)4/h2-10,12,14-15,22H,11,13,16H2,1H3,(H,26,27)(H,28,29);1H3,(H2,2,3,4)/t22-;/m0./s1. The lowest BCUT2D eigenvalue weighted by Gasteiger charge is -2.17. The van der Waals surface area contributed by atoms with Gasteiger partial charge >= 0.3 is 5.97 Å². The average Bonchev–Trinajstić information content (AvgIpc) is 2.85. The number of nitrogens with two attached hydrogens (primary N) is 1. The zero-order valence-corrected chi connectivity index (χ0v) is 21.6. The summed E-state index contributed by atoms with van der Waals surface area (Å²) < 4.78 is 24.6. The van der Waals surface area contributed by atoms with E-state index in [9.17, 15) is 23.1 Å². The van der Waals surface area contributed by atoms with Crippen LogP contribution >= 0.6 is 11.8 Å². The van der Waals surface area contributed by atoms with Gasteiger partial charge in [-0.25, -0.2) is 18.4 Å². The molecule has 36 heavy (non-hydrogen) atoms. The van der Waals surface area contributed by atoms with Crippen molar-refractivity contribution in [2.24, 2.45) is 5.14 Å². The summed E-state index contributed by atoms with van der Waals surface area (Å²) in [5.74, 6) is -0.145. The molecule has 0 saturated heterocycles. The van der Waals surface area contributed by atoms with Gasteiger partial charge in [0.25, 0.3) is 5.91 Å². The normalized spacial score (nSPS) is 11.5. The molecule has 9 nitrogen and oxygen atoms in total. The first kappa shape index (κ1) is 28.8. The molecule has 1 aromatic heterocycles. The number of aromatic nitrogens is 1. The molecule has 0 aliphatic rings. The summed E-state index contributed by atoms with van der Waals surface area (Å²) in [7, 11) is -3.17. The highest BCUT2D eigenvalue weighted by Crippen LogP contribution is 2.26. The molecule has 1 atom stereocenters. The molecule has 11 heteroatoms. The summed E-state index contributed by atoms with van der Waals surface area (Å²) in [5.41, 5.74) is 2.90. The number of sulfonamides is 1. The van der Waals surface area contributed by atoms with Crippen molar-refractivity contribution in [3.8, 4) is 16.9 Å². The number of primary sulfonamides is 1. The lowest BCUT2D eigenvalue weighted by molar-refractivity contribution is -0.139. The summed E-state index contributed by atoms with van der Waals surface area (Å²) in [6.07, 6.45) is 6.52. The molecule has 3 rings (SSSR count). The third-order valence-electron chi connectivity index (χ3n) is 4.67. The van der Waals surface area contributed by atoms with Crippen LogP contribution in [-0.4, -0.2) is 54.7 Å². The van der Waals surface area contributed by atoms with Gasteiger partial charge in [-0.05, 0) is 59.4 Å². The minimum atomic E-state index is -3.17. The van der Waals surface area contributed by atoms with Gasteiger partial charge in [-0.1, -0.05) is 36.4 Å². The van der Waals surface area contributed by atoms with Crippen molar-refractivity contribution in [1.29, 1.82) is 0 Å². The number of pyridine rings is 1. The van der Waals surface area contributed by atoms with Crippen LogP contribution in [0.4, 0.5) is 0 Å². The van der Waals surface area contributed by atoms with Crippen LogP contribution in [0.3, 0.4) is 0 Å². The fraction of sp³-hybridized carbons (Fsp3) is 0.240. The number of rotatable bonds is 10. The Kier molecular flexibility index (Phi) is 11.4. The number of thioether (sulfide) groups is 1. The molecule has 3 aromatic rings. The van der Waals surface area contributed by atoms with Gasteiger partial charge in [0.2, 0.25) is 10.0 Å². The van der Waals surface area contributed by atoms with Crippen molar-refractivity contribution in [2.45, 2.75) is 19.1 Å². The van der Waals surface area contributed by atoms with Crippen LogP contribution in [0.25, 0.3) is 11.1 Å². The maximum Gasteiger partial charge on any atom is 0.326 e. The van der Waals surface area contributed by atoms with E-state index in [1.54, 1.807) is 36.3 Å². The smallest absolute Gasteiger partial charge is 0.326 e. The zero-order valence-electron chi connectivity index (χ0n) is 20.0. The minimum Gasteiger partial charge on any atom is -0.487 e. The lowest BCUT2D eigenvalue weighted by atomic mass is 9.96.